The van der Waals surface area contributed by atoms with E-state index in [-0.39, 0.29) is 5.92 Å². The normalized spacial score (nSPS) is 13.2. The van der Waals surface area contributed by atoms with Crippen LogP contribution in [0.25, 0.3) is 0 Å². The number of anilines is 1. The molecule has 0 fully saturated rings. The van der Waals surface area contributed by atoms with Gasteiger partial charge in [-0.2, -0.15) is 0 Å². The maximum absolute atomic E-state index is 12.0. The molecule has 2 N–H and O–H groups in total. The number of urea groups is 1. The van der Waals surface area contributed by atoms with Crippen molar-refractivity contribution in [1.82, 2.24) is 5.32 Å². The van der Waals surface area contributed by atoms with Gasteiger partial charge in [0.2, 0.25) is 0 Å². The number of ether oxygens (including phenoxy) is 1. The maximum Gasteiger partial charge on any atom is 0.328 e. The molecule has 2 amide bonds. The van der Waals surface area contributed by atoms with Crippen molar-refractivity contribution < 1.29 is 14.3 Å². The maximum atomic E-state index is 12.0. The van der Waals surface area contributed by atoms with Gasteiger partial charge >= 0.3 is 12.0 Å². The van der Waals surface area contributed by atoms with Crippen LogP contribution in [0.15, 0.2) is 18.2 Å². The van der Waals surface area contributed by atoms with Crippen LogP contribution in [0.1, 0.15) is 31.4 Å². The molecule has 0 saturated carbocycles. The second-order valence-corrected chi connectivity index (χ2v) is 5.28. The molecule has 0 aliphatic heterocycles. The van der Waals surface area contributed by atoms with Gasteiger partial charge < -0.3 is 15.4 Å². The first-order valence-corrected chi connectivity index (χ1v) is 7.11. The van der Waals surface area contributed by atoms with E-state index in [0.29, 0.717) is 5.69 Å². The average molecular weight is 292 g/mol. The lowest BCUT2D eigenvalue weighted by Gasteiger charge is -2.22. The van der Waals surface area contributed by atoms with Crippen molar-refractivity contribution in [2.45, 2.75) is 40.2 Å². The van der Waals surface area contributed by atoms with Crippen molar-refractivity contribution >= 4 is 17.7 Å². The molecule has 1 rings (SSSR count). The first kappa shape index (κ1) is 17.0. The number of amides is 2. The summed E-state index contributed by atoms with van der Waals surface area (Å²) in [5.41, 5.74) is 2.95. The Kier molecular flexibility index (Phi) is 6.21. The fourth-order valence-corrected chi connectivity index (χ4v) is 1.92. The summed E-state index contributed by atoms with van der Waals surface area (Å²) in [4.78, 5) is 23.8. The Morgan fingerprint density at radius 2 is 1.90 bits per heavy atom. The van der Waals surface area contributed by atoms with Crippen LogP contribution >= 0.6 is 0 Å². The molecule has 0 saturated heterocycles. The highest BCUT2D eigenvalue weighted by atomic mass is 16.5. The van der Waals surface area contributed by atoms with E-state index in [0.717, 1.165) is 17.5 Å². The topological polar surface area (TPSA) is 67.4 Å². The van der Waals surface area contributed by atoms with Crippen LogP contribution in [0, 0.1) is 19.8 Å². The van der Waals surface area contributed by atoms with E-state index in [4.69, 9.17) is 4.74 Å². The standard InChI is InChI=1S/C16H24N2O3/c1-6-10(2)14(15(19)21-5)18-16(20)17-13-8-7-11(3)12(4)9-13/h7-10,14H,6H2,1-5H3,(H2,17,18,20)/t10-,14-/m0/s1. The Hall–Kier alpha value is -2.04. The number of carbonyl (C=O) groups excluding carboxylic acids is 2. The third kappa shape index (κ3) is 4.77. The summed E-state index contributed by atoms with van der Waals surface area (Å²) in [6, 6.07) is 4.61. The Bertz CT molecular complexity index is 514. The van der Waals surface area contributed by atoms with Gasteiger partial charge in [-0.3, -0.25) is 0 Å². The molecule has 0 aliphatic carbocycles. The van der Waals surface area contributed by atoms with Gasteiger partial charge in [0, 0.05) is 5.69 Å². The molecule has 5 heteroatoms. The molecule has 0 spiro atoms. The second-order valence-electron chi connectivity index (χ2n) is 5.28. The van der Waals surface area contributed by atoms with Crippen LogP contribution in [0.2, 0.25) is 0 Å². The zero-order chi connectivity index (χ0) is 16.0. The van der Waals surface area contributed by atoms with Gasteiger partial charge in [-0.15, -0.1) is 0 Å². The largest absolute Gasteiger partial charge is 0.467 e. The van der Waals surface area contributed by atoms with E-state index >= 15 is 0 Å². The monoisotopic (exact) mass is 292 g/mol. The highest BCUT2D eigenvalue weighted by Crippen LogP contribution is 2.14. The van der Waals surface area contributed by atoms with E-state index in [2.05, 4.69) is 10.6 Å². The minimum Gasteiger partial charge on any atom is -0.467 e. The van der Waals surface area contributed by atoms with Crippen molar-refractivity contribution in [1.29, 1.82) is 0 Å². The number of hydrogen-bond donors (Lipinski definition) is 2. The van der Waals surface area contributed by atoms with Gasteiger partial charge in [0.25, 0.3) is 0 Å². The van der Waals surface area contributed by atoms with E-state index in [1.807, 2.05) is 45.9 Å². The summed E-state index contributed by atoms with van der Waals surface area (Å²) < 4.78 is 4.74. The van der Waals surface area contributed by atoms with Gasteiger partial charge in [0.05, 0.1) is 7.11 Å². The van der Waals surface area contributed by atoms with E-state index in [1.54, 1.807) is 0 Å². The number of methoxy groups -OCH3 is 1. The first-order chi connectivity index (χ1) is 9.88. The highest BCUT2D eigenvalue weighted by molar-refractivity contribution is 5.92. The number of benzene rings is 1. The SMILES string of the molecule is CC[C@H](C)[C@H](NC(=O)Nc1ccc(C)c(C)c1)C(=O)OC. The van der Waals surface area contributed by atoms with Crippen LogP contribution in [0.3, 0.4) is 0 Å². The van der Waals surface area contributed by atoms with Gasteiger partial charge in [-0.1, -0.05) is 26.3 Å². The molecule has 0 unspecified atom stereocenters. The van der Waals surface area contributed by atoms with Crippen molar-refractivity contribution in [3.63, 3.8) is 0 Å². The molecule has 0 aromatic heterocycles. The van der Waals surface area contributed by atoms with Gasteiger partial charge in [0.1, 0.15) is 6.04 Å². The molecule has 116 valence electrons. The van der Waals surface area contributed by atoms with E-state index < -0.39 is 18.0 Å². The number of carbonyl (C=O) groups is 2. The zero-order valence-corrected chi connectivity index (χ0v) is 13.3. The third-order valence-corrected chi connectivity index (χ3v) is 3.72. The summed E-state index contributed by atoms with van der Waals surface area (Å²) in [5.74, 6) is -0.428. The quantitative estimate of drug-likeness (QED) is 0.820. The summed E-state index contributed by atoms with van der Waals surface area (Å²) in [5, 5.41) is 5.42. The van der Waals surface area contributed by atoms with Crippen molar-refractivity contribution in [2.24, 2.45) is 5.92 Å². The fourth-order valence-electron chi connectivity index (χ4n) is 1.92. The molecule has 0 bridgehead atoms. The Morgan fingerprint density at radius 3 is 2.43 bits per heavy atom. The Balaban J connectivity index is 2.73. The van der Waals surface area contributed by atoms with E-state index in [1.165, 1.54) is 7.11 Å². The summed E-state index contributed by atoms with van der Waals surface area (Å²) in [6.45, 7) is 7.85. The third-order valence-electron chi connectivity index (χ3n) is 3.72. The highest BCUT2D eigenvalue weighted by Gasteiger charge is 2.26. The number of esters is 1. The molecular formula is C16H24N2O3. The lowest BCUT2D eigenvalue weighted by molar-refractivity contribution is -0.144. The van der Waals surface area contributed by atoms with Gasteiger partial charge in [-0.25, -0.2) is 9.59 Å². The number of rotatable bonds is 5. The van der Waals surface area contributed by atoms with Crippen LogP contribution in [0.4, 0.5) is 10.5 Å². The van der Waals surface area contributed by atoms with Crippen LogP contribution < -0.4 is 10.6 Å². The van der Waals surface area contributed by atoms with Crippen LogP contribution in [0.5, 0.6) is 0 Å². The average Bonchev–Trinajstić information content (AvgIpc) is 2.47. The molecule has 5 nitrogen and oxygen atoms in total. The van der Waals surface area contributed by atoms with Crippen molar-refractivity contribution in [2.75, 3.05) is 12.4 Å². The minimum absolute atomic E-state index is 0.00274. The second kappa shape index (κ2) is 7.67. The molecule has 21 heavy (non-hydrogen) atoms. The number of nitrogens with one attached hydrogen (secondary N) is 2. The van der Waals surface area contributed by atoms with Crippen molar-refractivity contribution in [3.8, 4) is 0 Å². The summed E-state index contributed by atoms with van der Waals surface area (Å²) >= 11 is 0. The minimum atomic E-state index is -0.647. The van der Waals surface area contributed by atoms with Crippen molar-refractivity contribution in [3.05, 3.63) is 29.3 Å². The zero-order valence-electron chi connectivity index (χ0n) is 13.3. The van der Waals surface area contributed by atoms with Gasteiger partial charge in [0.15, 0.2) is 0 Å². The molecule has 0 heterocycles. The predicted molar refractivity (Wildman–Crippen MR) is 83.3 cm³/mol. The molecule has 1 aromatic carbocycles. The molecule has 0 aliphatic rings. The molecular weight excluding hydrogens is 268 g/mol. The predicted octanol–water partition coefficient (Wildman–Crippen LogP) is 3.01. The Morgan fingerprint density at radius 1 is 1.24 bits per heavy atom. The lowest BCUT2D eigenvalue weighted by Crippen LogP contribution is -2.47. The number of aryl methyl sites for hydroxylation is 2. The Labute approximate surface area is 126 Å². The van der Waals surface area contributed by atoms with Crippen LogP contribution in [-0.4, -0.2) is 25.2 Å². The van der Waals surface area contributed by atoms with E-state index in [9.17, 15) is 9.59 Å². The smallest absolute Gasteiger partial charge is 0.328 e. The van der Waals surface area contributed by atoms with Gasteiger partial charge in [-0.05, 0) is 43.0 Å². The summed E-state index contributed by atoms with van der Waals surface area (Å²) in [7, 11) is 1.32. The molecule has 0 radical (unpaired) electrons. The van der Waals surface area contributed by atoms with Crippen LogP contribution in [-0.2, 0) is 9.53 Å². The molecule has 1 aromatic rings. The fraction of sp³-hybridized carbons (Fsp3) is 0.500. The number of hydrogen-bond acceptors (Lipinski definition) is 3. The molecule has 2 atom stereocenters. The lowest BCUT2D eigenvalue weighted by atomic mass is 9.99. The first-order valence-electron chi connectivity index (χ1n) is 7.11. The summed E-state index contributed by atoms with van der Waals surface area (Å²) in [6.07, 6.45) is 0.768.